The van der Waals surface area contributed by atoms with E-state index in [4.69, 9.17) is 25.5 Å². The summed E-state index contributed by atoms with van der Waals surface area (Å²) >= 11 is 5.99. The van der Waals surface area contributed by atoms with Crippen LogP contribution in [0.5, 0.6) is 11.5 Å². The van der Waals surface area contributed by atoms with Crippen molar-refractivity contribution in [2.45, 2.75) is 13.3 Å². The number of methoxy groups -OCH3 is 1. The summed E-state index contributed by atoms with van der Waals surface area (Å²) in [6, 6.07) is 18.7. The van der Waals surface area contributed by atoms with Gasteiger partial charge >= 0.3 is 5.97 Å². The van der Waals surface area contributed by atoms with E-state index in [1.165, 1.54) is 6.07 Å². The lowest BCUT2D eigenvalue weighted by Gasteiger charge is -2.12. The smallest absolute Gasteiger partial charge is 0.343 e. The third kappa shape index (κ3) is 4.18. The van der Waals surface area contributed by atoms with Gasteiger partial charge in [0, 0.05) is 10.6 Å². The Hall–Kier alpha value is -3.57. The number of carbonyl (C=O) groups is 1. The highest BCUT2D eigenvalue weighted by Gasteiger charge is 2.22. The van der Waals surface area contributed by atoms with Gasteiger partial charge in [0.2, 0.25) is 11.2 Å². The summed E-state index contributed by atoms with van der Waals surface area (Å²) in [5.41, 5.74) is 1.78. The zero-order valence-electron chi connectivity index (χ0n) is 17.0. The van der Waals surface area contributed by atoms with E-state index in [0.29, 0.717) is 27.3 Å². The number of benzene rings is 3. The minimum atomic E-state index is -0.699. The number of halogens is 1. The molecule has 5 nitrogen and oxygen atoms in total. The summed E-state index contributed by atoms with van der Waals surface area (Å²) < 4.78 is 16.8. The fourth-order valence-electron chi connectivity index (χ4n) is 3.24. The van der Waals surface area contributed by atoms with Gasteiger partial charge in [0.05, 0.1) is 18.1 Å². The molecule has 0 atom stereocenters. The van der Waals surface area contributed by atoms with Gasteiger partial charge in [-0.1, -0.05) is 30.7 Å². The SMILES string of the molecule is CCc1ccc2oc(-c3ccc(OC)cc3)c(OC(=O)c3cccc(Cl)c3)c(=O)c2c1. The third-order valence-corrected chi connectivity index (χ3v) is 5.16. The van der Waals surface area contributed by atoms with Gasteiger partial charge in [-0.15, -0.1) is 0 Å². The van der Waals surface area contributed by atoms with Crippen LogP contribution < -0.4 is 14.9 Å². The molecule has 0 unspecified atom stereocenters. The van der Waals surface area contributed by atoms with Crippen LogP contribution >= 0.6 is 11.6 Å². The Labute approximate surface area is 183 Å². The molecule has 0 aliphatic heterocycles. The molecular weight excluding hydrogens is 416 g/mol. The molecule has 0 saturated carbocycles. The number of rotatable bonds is 5. The maximum atomic E-state index is 13.4. The van der Waals surface area contributed by atoms with Gasteiger partial charge < -0.3 is 13.9 Å². The molecule has 0 fully saturated rings. The van der Waals surface area contributed by atoms with E-state index in [1.54, 1.807) is 61.7 Å². The van der Waals surface area contributed by atoms with Crippen molar-refractivity contribution in [2.24, 2.45) is 0 Å². The Bertz CT molecular complexity index is 1320. The standard InChI is InChI=1S/C25H19ClO5/c1-3-15-7-12-21-20(13-15)22(27)24(31-25(28)17-5-4-6-18(26)14-17)23(30-21)16-8-10-19(29-2)11-9-16/h4-14H,3H2,1-2H3. The van der Waals surface area contributed by atoms with Crippen molar-refractivity contribution in [1.82, 2.24) is 0 Å². The maximum absolute atomic E-state index is 13.4. The highest BCUT2D eigenvalue weighted by Crippen LogP contribution is 2.33. The first-order valence-corrected chi connectivity index (χ1v) is 10.1. The molecule has 4 aromatic rings. The number of aryl methyl sites for hydroxylation is 1. The molecule has 0 amide bonds. The van der Waals surface area contributed by atoms with Crippen LogP contribution in [0.25, 0.3) is 22.3 Å². The maximum Gasteiger partial charge on any atom is 0.343 e. The first-order chi connectivity index (χ1) is 15.0. The zero-order chi connectivity index (χ0) is 22.0. The minimum absolute atomic E-state index is 0.166. The summed E-state index contributed by atoms with van der Waals surface area (Å²) in [5, 5.41) is 0.744. The van der Waals surface area contributed by atoms with Crippen LogP contribution in [0.1, 0.15) is 22.8 Å². The van der Waals surface area contributed by atoms with Crippen LogP contribution in [0.3, 0.4) is 0 Å². The summed E-state index contributed by atoms with van der Waals surface area (Å²) in [4.78, 5) is 26.1. The second kappa shape index (κ2) is 8.66. The second-order valence-corrected chi connectivity index (χ2v) is 7.34. The highest BCUT2D eigenvalue weighted by atomic mass is 35.5. The molecule has 0 radical (unpaired) electrons. The summed E-state index contributed by atoms with van der Waals surface area (Å²) in [7, 11) is 1.56. The van der Waals surface area contributed by atoms with E-state index >= 15 is 0 Å². The normalized spacial score (nSPS) is 10.8. The number of fused-ring (bicyclic) bond motifs is 1. The van der Waals surface area contributed by atoms with Crippen LogP contribution in [0.2, 0.25) is 5.02 Å². The fraction of sp³-hybridized carbons (Fsp3) is 0.120. The Balaban J connectivity index is 1.89. The Kier molecular flexibility index (Phi) is 5.78. The molecule has 156 valence electrons. The molecule has 0 bridgehead atoms. The molecule has 0 saturated heterocycles. The van der Waals surface area contributed by atoms with E-state index in [-0.39, 0.29) is 17.1 Å². The van der Waals surface area contributed by atoms with Gasteiger partial charge in [-0.25, -0.2) is 4.79 Å². The lowest BCUT2D eigenvalue weighted by molar-refractivity contribution is 0.0731. The van der Waals surface area contributed by atoms with Crippen molar-refractivity contribution in [2.75, 3.05) is 7.11 Å². The molecule has 31 heavy (non-hydrogen) atoms. The van der Waals surface area contributed by atoms with Gasteiger partial charge in [-0.2, -0.15) is 0 Å². The summed E-state index contributed by atoms with van der Waals surface area (Å²) in [5.74, 6) is -0.0526. The summed E-state index contributed by atoms with van der Waals surface area (Å²) in [6.07, 6.45) is 0.757. The largest absolute Gasteiger partial charge is 0.497 e. The van der Waals surface area contributed by atoms with Gasteiger partial charge in [0.1, 0.15) is 11.3 Å². The molecule has 0 aliphatic carbocycles. The third-order valence-electron chi connectivity index (χ3n) is 4.93. The Morgan fingerprint density at radius 3 is 2.48 bits per heavy atom. The van der Waals surface area contributed by atoms with Crippen molar-refractivity contribution in [3.63, 3.8) is 0 Å². The van der Waals surface area contributed by atoms with E-state index in [0.717, 1.165) is 12.0 Å². The van der Waals surface area contributed by atoms with Crippen LogP contribution in [0.15, 0.2) is 75.9 Å². The Morgan fingerprint density at radius 2 is 1.81 bits per heavy atom. The lowest BCUT2D eigenvalue weighted by Crippen LogP contribution is -2.16. The lowest BCUT2D eigenvalue weighted by atomic mass is 10.1. The van der Waals surface area contributed by atoms with Crippen LogP contribution in [0, 0.1) is 0 Å². The first kappa shape index (κ1) is 20.7. The van der Waals surface area contributed by atoms with E-state index in [1.807, 2.05) is 13.0 Å². The minimum Gasteiger partial charge on any atom is -0.497 e. The van der Waals surface area contributed by atoms with Crippen molar-refractivity contribution in [3.8, 4) is 22.8 Å². The van der Waals surface area contributed by atoms with Crippen LogP contribution in [-0.4, -0.2) is 13.1 Å². The van der Waals surface area contributed by atoms with Crippen molar-refractivity contribution < 1.29 is 18.7 Å². The van der Waals surface area contributed by atoms with Gasteiger partial charge in [0.15, 0.2) is 5.76 Å². The van der Waals surface area contributed by atoms with E-state index in [9.17, 15) is 9.59 Å². The number of ether oxygens (including phenoxy) is 2. The fourth-order valence-corrected chi connectivity index (χ4v) is 3.43. The predicted molar refractivity (Wildman–Crippen MR) is 120 cm³/mol. The predicted octanol–water partition coefficient (Wildman–Crippen LogP) is 5.90. The monoisotopic (exact) mass is 434 g/mol. The quantitative estimate of drug-likeness (QED) is 0.366. The average molecular weight is 435 g/mol. The van der Waals surface area contributed by atoms with Crippen LogP contribution in [-0.2, 0) is 6.42 Å². The topological polar surface area (TPSA) is 65.7 Å². The molecule has 1 heterocycles. The van der Waals surface area contributed by atoms with Crippen LogP contribution in [0.4, 0.5) is 0 Å². The number of carbonyl (C=O) groups excluding carboxylic acids is 1. The van der Waals surface area contributed by atoms with Gasteiger partial charge in [-0.05, 0) is 66.6 Å². The molecule has 0 spiro atoms. The highest BCUT2D eigenvalue weighted by molar-refractivity contribution is 6.30. The number of hydrogen-bond donors (Lipinski definition) is 0. The van der Waals surface area contributed by atoms with Crippen molar-refractivity contribution in [3.05, 3.63) is 93.1 Å². The van der Waals surface area contributed by atoms with Gasteiger partial charge in [-0.3, -0.25) is 4.79 Å². The molecule has 1 aromatic heterocycles. The number of hydrogen-bond acceptors (Lipinski definition) is 5. The molecule has 0 aliphatic rings. The second-order valence-electron chi connectivity index (χ2n) is 6.90. The van der Waals surface area contributed by atoms with E-state index < -0.39 is 11.4 Å². The first-order valence-electron chi connectivity index (χ1n) is 9.72. The van der Waals surface area contributed by atoms with E-state index in [2.05, 4.69) is 0 Å². The molecule has 3 aromatic carbocycles. The molecule has 0 N–H and O–H groups in total. The van der Waals surface area contributed by atoms with Crippen molar-refractivity contribution >= 4 is 28.5 Å². The molecule has 4 rings (SSSR count). The molecular formula is C25H19ClO5. The molecule has 6 heteroatoms. The summed E-state index contributed by atoms with van der Waals surface area (Å²) in [6.45, 7) is 1.99. The zero-order valence-corrected chi connectivity index (χ0v) is 17.7. The Morgan fingerprint density at radius 1 is 1.03 bits per heavy atom. The number of esters is 1. The van der Waals surface area contributed by atoms with Crippen molar-refractivity contribution in [1.29, 1.82) is 0 Å². The van der Waals surface area contributed by atoms with Gasteiger partial charge in [0.25, 0.3) is 0 Å². The average Bonchev–Trinajstić information content (AvgIpc) is 2.80.